The van der Waals surface area contributed by atoms with Gasteiger partial charge in [-0.25, -0.2) is 17.5 Å². The fraction of sp³-hybridized carbons (Fsp3) is 0.200. The quantitative estimate of drug-likeness (QED) is 0.724. The minimum Gasteiger partial charge on any atom is -0.322 e. The first-order valence-corrected chi connectivity index (χ1v) is 10.4. The fourth-order valence-corrected chi connectivity index (χ4v) is 3.55. The predicted molar refractivity (Wildman–Crippen MR) is 105 cm³/mol. The SMILES string of the molecule is Cc1cc(C)n(-c2ccc(NC(=O)c3cc(S(C)(=O)=O)ccc3C)cc2F)n1. The van der Waals surface area contributed by atoms with Gasteiger partial charge in [-0.2, -0.15) is 5.10 Å². The molecule has 0 aliphatic rings. The number of benzene rings is 2. The van der Waals surface area contributed by atoms with Gasteiger partial charge in [0.15, 0.2) is 15.7 Å². The summed E-state index contributed by atoms with van der Waals surface area (Å²) in [6.07, 6.45) is 1.08. The van der Waals surface area contributed by atoms with E-state index in [4.69, 9.17) is 0 Å². The fourth-order valence-electron chi connectivity index (χ4n) is 2.90. The van der Waals surface area contributed by atoms with Gasteiger partial charge in [-0.15, -0.1) is 0 Å². The third kappa shape index (κ3) is 3.96. The predicted octanol–water partition coefficient (Wildman–Crippen LogP) is 3.59. The van der Waals surface area contributed by atoms with Gasteiger partial charge in [-0.1, -0.05) is 6.07 Å². The second kappa shape index (κ2) is 7.20. The van der Waals surface area contributed by atoms with Crippen molar-refractivity contribution >= 4 is 21.4 Å². The van der Waals surface area contributed by atoms with Crippen LogP contribution in [0.1, 0.15) is 27.3 Å². The first-order chi connectivity index (χ1) is 13.1. The lowest BCUT2D eigenvalue weighted by Gasteiger charge is -2.11. The number of sulfone groups is 1. The molecule has 0 aliphatic carbocycles. The van der Waals surface area contributed by atoms with Crippen LogP contribution in [0.4, 0.5) is 10.1 Å². The molecule has 1 aromatic heterocycles. The van der Waals surface area contributed by atoms with Crippen LogP contribution in [-0.4, -0.2) is 30.4 Å². The van der Waals surface area contributed by atoms with Crippen LogP contribution in [-0.2, 0) is 9.84 Å². The largest absolute Gasteiger partial charge is 0.322 e. The summed E-state index contributed by atoms with van der Waals surface area (Å²) < 4.78 is 39.5. The molecule has 0 bridgehead atoms. The molecule has 1 heterocycles. The van der Waals surface area contributed by atoms with Crippen molar-refractivity contribution in [3.05, 3.63) is 70.8 Å². The number of carbonyl (C=O) groups is 1. The van der Waals surface area contributed by atoms with E-state index in [2.05, 4.69) is 10.4 Å². The monoisotopic (exact) mass is 401 g/mol. The van der Waals surface area contributed by atoms with Crippen LogP contribution in [0.25, 0.3) is 5.69 Å². The Kier molecular flexibility index (Phi) is 5.08. The molecule has 0 spiro atoms. The molecular formula is C20H20FN3O3S. The van der Waals surface area contributed by atoms with Crippen LogP contribution < -0.4 is 5.32 Å². The lowest BCUT2D eigenvalue weighted by molar-refractivity contribution is 0.102. The summed E-state index contributed by atoms with van der Waals surface area (Å²) in [7, 11) is -3.44. The Bertz CT molecular complexity index is 1180. The van der Waals surface area contributed by atoms with Crippen molar-refractivity contribution in [2.24, 2.45) is 0 Å². The van der Waals surface area contributed by atoms with Crippen LogP contribution >= 0.6 is 0 Å². The molecule has 0 unspecified atom stereocenters. The summed E-state index contributed by atoms with van der Waals surface area (Å²) in [4.78, 5) is 12.6. The van der Waals surface area contributed by atoms with Gasteiger partial charge in [0.2, 0.25) is 0 Å². The van der Waals surface area contributed by atoms with Crippen molar-refractivity contribution in [2.75, 3.05) is 11.6 Å². The molecule has 0 aliphatic heterocycles. The van der Waals surface area contributed by atoms with E-state index in [0.29, 0.717) is 5.56 Å². The molecule has 0 atom stereocenters. The number of anilines is 1. The van der Waals surface area contributed by atoms with Crippen LogP contribution in [0.5, 0.6) is 0 Å². The molecule has 1 N–H and O–H groups in total. The Balaban J connectivity index is 1.90. The third-order valence-electron chi connectivity index (χ3n) is 4.33. The van der Waals surface area contributed by atoms with Gasteiger partial charge in [-0.05, 0) is 62.7 Å². The lowest BCUT2D eigenvalue weighted by Crippen LogP contribution is -2.15. The molecule has 0 saturated carbocycles. The smallest absolute Gasteiger partial charge is 0.255 e. The van der Waals surface area contributed by atoms with Crippen molar-refractivity contribution < 1.29 is 17.6 Å². The average molecular weight is 401 g/mol. The summed E-state index contributed by atoms with van der Waals surface area (Å²) >= 11 is 0. The second-order valence-corrected chi connectivity index (χ2v) is 8.72. The zero-order valence-corrected chi connectivity index (χ0v) is 16.8. The van der Waals surface area contributed by atoms with E-state index < -0.39 is 21.6 Å². The number of amides is 1. The second-order valence-electron chi connectivity index (χ2n) is 6.71. The van der Waals surface area contributed by atoms with Crippen molar-refractivity contribution in [3.8, 4) is 5.69 Å². The van der Waals surface area contributed by atoms with E-state index in [-0.39, 0.29) is 21.8 Å². The average Bonchev–Trinajstić information content (AvgIpc) is 2.92. The molecule has 2 aromatic carbocycles. The van der Waals surface area contributed by atoms with Crippen LogP contribution in [0, 0.1) is 26.6 Å². The minimum atomic E-state index is -3.44. The summed E-state index contributed by atoms with van der Waals surface area (Å²) in [5.74, 6) is -1.05. The van der Waals surface area contributed by atoms with Crippen LogP contribution in [0.15, 0.2) is 47.4 Å². The van der Waals surface area contributed by atoms with Crippen molar-refractivity contribution in [1.29, 1.82) is 0 Å². The van der Waals surface area contributed by atoms with Gasteiger partial charge >= 0.3 is 0 Å². The van der Waals surface area contributed by atoms with Gasteiger partial charge in [0, 0.05) is 23.2 Å². The maximum atomic E-state index is 14.6. The zero-order valence-electron chi connectivity index (χ0n) is 15.9. The zero-order chi connectivity index (χ0) is 20.6. The van der Waals surface area contributed by atoms with Crippen molar-refractivity contribution in [1.82, 2.24) is 9.78 Å². The molecule has 0 fully saturated rings. The highest BCUT2D eigenvalue weighted by Gasteiger charge is 2.16. The highest BCUT2D eigenvalue weighted by molar-refractivity contribution is 7.90. The van der Waals surface area contributed by atoms with E-state index in [1.807, 2.05) is 19.9 Å². The highest BCUT2D eigenvalue weighted by Crippen LogP contribution is 2.22. The van der Waals surface area contributed by atoms with Gasteiger partial charge in [0.05, 0.1) is 10.6 Å². The number of rotatable bonds is 4. The van der Waals surface area contributed by atoms with E-state index >= 15 is 0 Å². The number of hydrogen-bond acceptors (Lipinski definition) is 4. The van der Waals surface area contributed by atoms with Gasteiger partial charge in [0.25, 0.3) is 5.91 Å². The Morgan fingerprint density at radius 3 is 2.36 bits per heavy atom. The maximum Gasteiger partial charge on any atom is 0.255 e. The Hall–Kier alpha value is -3.00. The number of carbonyl (C=O) groups excluding carboxylic acids is 1. The lowest BCUT2D eigenvalue weighted by atomic mass is 10.1. The van der Waals surface area contributed by atoms with Gasteiger partial charge in [-0.3, -0.25) is 4.79 Å². The molecule has 0 saturated heterocycles. The molecule has 6 nitrogen and oxygen atoms in total. The number of halogens is 1. The topological polar surface area (TPSA) is 81.1 Å². The first kappa shape index (κ1) is 19.8. The highest BCUT2D eigenvalue weighted by atomic mass is 32.2. The molecular weight excluding hydrogens is 381 g/mol. The van der Waals surface area contributed by atoms with Crippen LogP contribution in [0.3, 0.4) is 0 Å². The minimum absolute atomic E-state index is 0.0503. The van der Waals surface area contributed by atoms with Crippen molar-refractivity contribution in [2.45, 2.75) is 25.7 Å². The Labute approximate surface area is 162 Å². The molecule has 3 aromatic rings. The molecule has 146 valence electrons. The van der Waals surface area contributed by atoms with E-state index in [1.54, 1.807) is 19.1 Å². The Morgan fingerprint density at radius 1 is 1.07 bits per heavy atom. The van der Waals surface area contributed by atoms with E-state index in [1.165, 1.54) is 28.9 Å². The molecule has 28 heavy (non-hydrogen) atoms. The molecule has 8 heteroatoms. The molecule has 3 rings (SSSR count). The summed E-state index contributed by atoms with van der Waals surface area (Å²) in [5, 5.41) is 6.87. The normalized spacial score (nSPS) is 11.5. The number of hydrogen-bond donors (Lipinski definition) is 1. The van der Waals surface area contributed by atoms with Gasteiger partial charge in [0.1, 0.15) is 5.69 Å². The number of aromatic nitrogens is 2. The first-order valence-electron chi connectivity index (χ1n) is 8.51. The molecule has 0 radical (unpaired) electrons. The number of nitrogens with one attached hydrogen (secondary N) is 1. The molecule has 1 amide bonds. The van der Waals surface area contributed by atoms with Crippen LogP contribution in [0.2, 0.25) is 0 Å². The van der Waals surface area contributed by atoms with Gasteiger partial charge < -0.3 is 5.32 Å². The third-order valence-corrected chi connectivity index (χ3v) is 5.44. The van der Waals surface area contributed by atoms with E-state index in [0.717, 1.165) is 17.6 Å². The van der Waals surface area contributed by atoms with E-state index in [9.17, 15) is 17.6 Å². The van der Waals surface area contributed by atoms with Crippen molar-refractivity contribution in [3.63, 3.8) is 0 Å². The number of aryl methyl sites for hydroxylation is 3. The maximum absolute atomic E-state index is 14.6. The Morgan fingerprint density at radius 2 is 1.79 bits per heavy atom. The summed E-state index contributed by atoms with van der Waals surface area (Å²) in [5.41, 5.74) is 2.93. The number of nitrogens with zero attached hydrogens (tertiary/aromatic N) is 2. The standard InChI is InChI=1S/C20H20FN3O3S/c1-12-5-7-16(28(4,26)27)11-17(12)20(25)22-15-6-8-19(18(21)10-15)24-14(3)9-13(2)23-24/h5-11H,1-4H3,(H,22,25). The summed E-state index contributed by atoms with van der Waals surface area (Å²) in [6.45, 7) is 5.35. The summed E-state index contributed by atoms with van der Waals surface area (Å²) in [6, 6.07) is 10.5.